The standard InChI is InChI=1S/C15H20N2O2/c1-16-6-8-17(9-7-16)15(14(18)19)10-12-4-2-3-5-13(12)11-15/h2-5H,6-11H2,1H3,(H,18,19). The van der Waals surface area contributed by atoms with E-state index in [0.717, 1.165) is 26.2 Å². The second-order valence-electron chi connectivity index (χ2n) is 5.75. The third kappa shape index (κ3) is 2.05. The van der Waals surface area contributed by atoms with Gasteiger partial charge in [-0.1, -0.05) is 24.3 Å². The summed E-state index contributed by atoms with van der Waals surface area (Å²) < 4.78 is 0. The van der Waals surface area contributed by atoms with Gasteiger partial charge in [0.25, 0.3) is 0 Å². The number of hydrogen-bond acceptors (Lipinski definition) is 3. The van der Waals surface area contributed by atoms with Crippen LogP contribution in [0.5, 0.6) is 0 Å². The molecule has 1 aliphatic carbocycles. The highest BCUT2D eigenvalue weighted by Gasteiger charge is 2.49. The van der Waals surface area contributed by atoms with Crippen LogP contribution in [0.2, 0.25) is 0 Å². The number of piperazine rings is 1. The summed E-state index contributed by atoms with van der Waals surface area (Å²) in [6.07, 6.45) is 1.28. The van der Waals surface area contributed by atoms with E-state index in [-0.39, 0.29) is 0 Å². The van der Waals surface area contributed by atoms with Crippen molar-refractivity contribution in [2.45, 2.75) is 18.4 Å². The lowest BCUT2D eigenvalue weighted by Crippen LogP contribution is -2.61. The molecule has 1 heterocycles. The molecular weight excluding hydrogens is 240 g/mol. The zero-order valence-electron chi connectivity index (χ0n) is 11.3. The van der Waals surface area contributed by atoms with Crippen LogP contribution in [0, 0.1) is 0 Å². The molecule has 1 N–H and O–H groups in total. The average Bonchev–Trinajstić information content (AvgIpc) is 2.80. The molecule has 2 aliphatic rings. The van der Waals surface area contributed by atoms with Crippen molar-refractivity contribution in [3.8, 4) is 0 Å². The van der Waals surface area contributed by atoms with Crippen molar-refractivity contribution in [1.82, 2.24) is 9.80 Å². The molecular formula is C15H20N2O2. The second kappa shape index (κ2) is 4.62. The van der Waals surface area contributed by atoms with E-state index in [0.29, 0.717) is 12.8 Å². The number of carboxylic acid groups (broad SMARTS) is 1. The Morgan fingerprint density at radius 1 is 1.11 bits per heavy atom. The van der Waals surface area contributed by atoms with Crippen LogP contribution in [-0.2, 0) is 17.6 Å². The number of fused-ring (bicyclic) bond motifs is 1. The summed E-state index contributed by atoms with van der Waals surface area (Å²) in [5.74, 6) is -0.673. The molecule has 4 nitrogen and oxygen atoms in total. The molecule has 4 heteroatoms. The molecule has 0 aromatic heterocycles. The van der Waals surface area contributed by atoms with Crippen molar-refractivity contribution < 1.29 is 9.90 Å². The minimum absolute atomic E-state index is 0.641. The summed E-state index contributed by atoms with van der Waals surface area (Å²) in [4.78, 5) is 16.4. The van der Waals surface area contributed by atoms with Gasteiger partial charge in [-0.3, -0.25) is 9.69 Å². The van der Waals surface area contributed by atoms with Crippen LogP contribution in [0.3, 0.4) is 0 Å². The first kappa shape index (κ1) is 12.6. The molecule has 1 aromatic rings. The number of nitrogens with zero attached hydrogens (tertiary/aromatic N) is 2. The van der Waals surface area contributed by atoms with E-state index in [1.165, 1.54) is 11.1 Å². The summed E-state index contributed by atoms with van der Waals surface area (Å²) in [6.45, 7) is 3.59. The van der Waals surface area contributed by atoms with Crippen LogP contribution in [0.15, 0.2) is 24.3 Å². The molecule has 1 aromatic carbocycles. The smallest absolute Gasteiger partial charge is 0.324 e. The first-order chi connectivity index (χ1) is 9.12. The maximum atomic E-state index is 11.9. The zero-order chi connectivity index (χ0) is 13.5. The molecule has 0 amide bonds. The minimum Gasteiger partial charge on any atom is -0.480 e. The van der Waals surface area contributed by atoms with Crippen molar-refractivity contribution in [3.05, 3.63) is 35.4 Å². The van der Waals surface area contributed by atoms with Crippen molar-refractivity contribution in [2.24, 2.45) is 0 Å². The number of hydrogen-bond donors (Lipinski definition) is 1. The van der Waals surface area contributed by atoms with E-state index in [1.54, 1.807) is 0 Å². The predicted molar refractivity (Wildman–Crippen MR) is 73.3 cm³/mol. The fraction of sp³-hybridized carbons (Fsp3) is 0.533. The number of aliphatic carboxylic acids is 1. The van der Waals surface area contributed by atoms with Gasteiger partial charge in [0.1, 0.15) is 5.54 Å². The lowest BCUT2D eigenvalue weighted by atomic mass is 9.92. The van der Waals surface area contributed by atoms with E-state index >= 15 is 0 Å². The van der Waals surface area contributed by atoms with Gasteiger partial charge in [0, 0.05) is 39.0 Å². The largest absolute Gasteiger partial charge is 0.480 e. The minimum atomic E-state index is -0.717. The average molecular weight is 260 g/mol. The van der Waals surface area contributed by atoms with Gasteiger partial charge in [-0.2, -0.15) is 0 Å². The number of rotatable bonds is 2. The molecule has 1 fully saturated rings. The van der Waals surface area contributed by atoms with E-state index in [9.17, 15) is 9.90 Å². The first-order valence-corrected chi connectivity index (χ1v) is 6.86. The summed E-state index contributed by atoms with van der Waals surface area (Å²) in [6, 6.07) is 8.13. The SMILES string of the molecule is CN1CCN(C2(C(=O)O)Cc3ccccc3C2)CC1. The number of carbonyl (C=O) groups is 1. The van der Waals surface area contributed by atoms with Gasteiger partial charge in [-0.15, -0.1) is 0 Å². The highest BCUT2D eigenvalue weighted by molar-refractivity contribution is 5.81. The molecule has 0 bridgehead atoms. The highest BCUT2D eigenvalue weighted by atomic mass is 16.4. The molecule has 1 aliphatic heterocycles. The summed E-state index contributed by atoms with van der Waals surface area (Å²) in [5, 5.41) is 9.80. The van der Waals surface area contributed by atoms with Crippen LogP contribution < -0.4 is 0 Å². The number of likely N-dealkylation sites (N-methyl/N-ethyl adjacent to an activating group) is 1. The molecule has 0 unspecified atom stereocenters. The summed E-state index contributed by atoms with van der Waals surface area (Å²) >= 11 is 0. The Hall–Kier alpha value is -1.39. The molecule has 0 radical (unpaired) electrons. The fourth-order valence-corrected chi connectivity index (χ4v) is 3.34. The lowest BCUT2D eigenvalue weighted by molar-refractivity contribution is -0.152. The molecule has 0 saturated carbocycles. The fourth-order valence-electron chi connectivity index (χ4n) is 3.34. The van der Waals surface area contributed by atoms with Gasteiger partial charge in [0.05, 0.1) is 0 Å². The Balaban J connectivity index is 1.89. The Bertz CT molecular complexity index is 468. The maximum Gasteiger partial charge on any atom is 0.324 e. The van der Waals surface area contributed by atoms with E-state index in [4.69, 9.17) is 0 Å². The van der Waals surface area contributed by atoms with Crippen LogP contribution in [0.4, 0.5) is 0 Å². The van der Waals surface area contributed by atoms with Gasteiger partial charge >= 0.3 is 5.97 Å². The Kier molecular flexibility index (Phi) is 3.07. The van der Waals surface area contributed by atoms with Gasteiger partial charge in [-0.25, -0.2) is 0 Å². The van der Waals surface area contributed by atoms with E-state index in [2.05, 4.69) is 29.0 Å². The topological polar surface area (TPSA) is 43.8 Å². The van der Waals surface area contributed by atoms with Crippen LogP contribution >= 0.6 is 0 Å². The lowest BCUT2D eigenvalue weighted by Gasteiger charge is -2.42. The quantitative estimate of drug-likeness (QED) is 0.856. The van der Waals surface area contributed by atoms with Crippen molar-refractivity contribution in [3.63, 3.8) is 0 Å². The zero-order valence-corrected chi connectivity index (χ0v) is 11.3. The molecule has 0 atom stereocenters. The van der Waals surface area contributed by atoms with Crippen LogP contribution in [-0.4, -0.2) is 59.6 Å². The summed E-state index contributed by atoms with van der Waals surface area (Å²) in [7, 11) is 2.09. The van der Waals surface area contributed by atoms with Crippen LogP contribution in [0.1, 0.15) is 11.1 Å². The maximum absolute atomic E-state index is 11.9. The predicted octanol–water partition coefficient (Wildman–Crippen LogP) is 0.856. The Morgan fingerprint density at radius 3 is 2.11 bits per heavy atom. The third-order valence-corrected chi connectivity index (χ3v) is 4.59. The Morgan fingerprint density at radius 2 is 1.63 bits per heavy atom. The molecule has 102 valence electrons. The Labute approximate surface area is 113 Å². The van der Waals surface area contributed by atoms with Gasteiger partial charge in [0.15, 0.2) is 0 Å². The van der Waals surface area contributed by atoms with Crippen molar-refractivity contribution in [2.75, 3.05) is 33.2 Å². The number of carboxylic acids is 1. The number of benzene rings is 1. The van der Waals surface area contributed by atoms with Gasteiger partial charge < -0.3 is 10.0 Å². The summed E-state index contributed by atoms with van der Waals surface area (Å²) in [5.41, 5.74) is 1.68. The molecule has 0 spiro atoms. The van der Waals surface area contributed by atoms with Crippen molar-refractivity contribution in [1.29, 1.82) is 0 Å². The molecule has 19 heavy (non-hydrogen) atoms. The third-order valence-electron chi connectivity index (χ3n) is 4.59. The monoisotopic (exact) mass is 260 g/mol. The van der Waals surface area contributed by atoms with Crippen molar-refractivity contribution >= 4 is 5.97 Å². The van der Waals surface area contributed by atoms with E-state index in [1.807, 2.05) is 12.1 Å². The molecule has 3 rings (SSSR count). The molecule has 1 saturated heterocycles. The van der Waals surface area contributed by atoms with Crippen LogP contribution in [0.25, 0.3) is 0 Å². The second-order valence-corrected chi connectivity index (χ2v) is 5.75. The van der Waals surface area contributed by atoms with Gasteiger partial charge in [0.2, 0.25) is 0 Å². The van der Waals surface area contributed by atoms with E-state index < -0.39 is 11.5 Å². The first-order valence-electron chi connectivity index (χ1n) is 6.86. The van der Waals surface area contributed by atoms with Gasteiger partial charge in [-0.05, 0) is 18.2 Å². The normalized spacial score (nSPS) is 23.2. The highest BCUT2D eigenvalue weighted by Crippen LogP contribution is 2.35.